The third-order valence-corrected chi connectivity index (χ3v) is 3.10. The minimum Gasteiger partial charge on any atom is -0.395 e. The number of aliphatic hydroxyl groups excluding tert-OH is 2. The van der Waals surface area contributed by atoms with E-state index in [4.69, 9.17) is 10.2 Å². The van der Waals surface area contributed by atoms with Gasteiger partial charge in [-0.1, -0.05) is 0 Å². The van der Waals surface area contributed by atoms with Gasteiger partial charge in [0.2, 0.25) is 0 Å². The third-order valence-electron chi connectivity index (χ3n) is 3.10. The lowest BCUT2D eigenvalue weighted by Crippen LogP contribution is -2.45. The molecule has 0 unspecified atom stereocenters. The Morgan fingerprint density at radius 1 is 1.06 bits per heavy atom. The molecule has 16 heavy (non-hydrogen) atoms. The van der Waals surface area contributed by atoms with E-state index in [1.54, 1.807) is 0 Å². The summed E-state index contributed by atoms with van der Waals surface area (Å²) in [5.41, 5.74) is 0. The topological polar surface area (TPSA) is 52.5 Å². The van der Waals surface area contributed by atoms with Crippen molar-refractivity contribution >= 4 is 0 Å². The zero-order valence-corrected chi connectivity index (χ0v) is 9.00. The largest absolute Gasteiger partial charge is 0.395 e. The van der Waals surface area contributed by atoms with E-state index in [2.05, 4.69) is 5.32 Å². The first kappa shape index (κ1) is 13.7. The second-order valence-electron chi connectivity index (χ2n) is 4.32. The van der Waals surface area contributed by atoms with Crippen molar-refractivity contribution in [2.24, 2.45) is 5.92 Å². The maximum atomic E-state index is 12.4. The summed E-state index contributed by atoms with van der Waals surface area (Å²) in [5, 5.41) is 20.6. The smallest absolute Gasteiger partial charge is 0.391 e. The summed E-state index contributed by atoms with van der Waals surface area (Å²) in [4.78, 5) is 0. The first-order valence-electron chi connectivity index (χ1n) is 5.51. The number of nitrogens with one attached hydrogen (secondary N) is 1. The van der Waals surface area contributed by atoms with E-state index in [0.717, 1.165) is 0 Å². The Kier molecular flexibility index (Phi) is 5.01. The molecule has 0 aromatic rings. The van der Waals surface area contributed by atoms with Crippen LogP contribution in [0.15, 0.2) is 0 Å². The van der Waals surface area contributed by atoms with Crippen LogP contribution < -0.4 is 5.32 Å². The number of hydrogen-bond donors (Lipinski definition) is 3. The molecule has 0 aromatic carbocycles. The van der Waals surface area contributed by atoms with Crippen LogP contribution in [-0.2, 0) is 0 Å². The Hall–Kier alpha value is -0.330. The van der Waals surface area contributed by atoms with Gasteiger partial charge in [-0.3, -0.25) is 0 Å². The molecule has 1 aliphatic carbocycles. The summed E-state index contributed by atoms with van der Waals surface area (Å²) in [6.45, 7) is -0.397. The standard InChI is InChI=1S/C10H18F3NO2/c11-10(12,13)7-1-3-8(4-2-7)14-9(5-15)6-16/h7-9,14-16H,1-6H2. The van der Waals surface area contributed by atoms with Crippen LogP contribution in [0.3, 0.4) is 0 Å². The Morgan fingerprint density at radius 3 is 1.94 bits per heavy atom. The summed E-state index contributed by atoms with van der Waals surface area (Å²) in [6.07, 6.45) is -2.94. The van der Waals surface area contributed by atoms with Crippen LogP contribution in [0.5, 0.6) is 0 Å². The Morgan fingerprint density at radius 2 is 1.56 bits per heavy atom. The van der Waals surface area contributed by atoms with Gasteiger partial charge in [-0.15, -0.1) is 0 Å². The summed E-state index contributed by atoms with van der Waals surface area (Å²) in [6, 6.07) is -0.449. The van der Waals surface area contributed by atoms with Gasteiger partial charge >= 0.3 is 6.18 Å². The minimum atomic E-state index is -4.08. The molecule has 0 aliphatic heterocycles. The fourth-order valence-electron chi connectivity index (χ4n) is 2.08. The summed E-state index contributed by atoms with van der Waals surface area (Å²) in [5.74, 6) is -1.19. The van der Waals surface area contributed by atoms with E-state index in [9.17, 15) is 13.2 Å². The normalized spacial score (nSPS) is 27.4. The molecular formula is C10H18F3NO2. The number of alkyl halides is 3. The van der Waals surface area contributed by atoms with E-state index in [0.29, 0.717) is 12.8 Å². The van der Waals surface area contributed by atoms with Gasteiger partial charge in [0, 0.05) is 6.04 Å². The molecule has 1 fully saturated rings. The van der Waals surface area contributed by atoms with Crippen LogP contribution in [-0.4, -0.2) is 41.7 Å². The average molecular weight is 241 g/mol. The lowest BCUT2D eigenvalue weighted by atomic mass is 9.85. The molecule has 0 amide bonds. The second-order valence-corrected chi connectivity index (χ2v) is 4.32. The maximum absolute atomic E-state index is 12.4. The highest BCUT2D eigenvalue weighted by atomic mass is 19.4. The Bertz CT molecular complexity index is 199. The summed E-state index contributed by atoms with van der Waals surface area (Å²) < 4.78 is 37.1. The monoisotopic (exact) mass is 241 g/mol. The zero-order chi connectivity index (χ0) is 12.2. The number of rotatable bonds is 4. The van der Waals surface area contributed by atoms with E-state index in [1.165, 1.54) is 0 Å². The Balaban J connectivity index is 2.32. The van der Waals surface area contributed by atoms with Crippen LogP contribution in [0, 0.1) is 5.92 Å². The van der Waals surface area contributed by atoms with Crippen molar-refractivity contribution < 1.29 is 23.4 Å². The molecule has 0 atom stereocenters. The number of aliphatic hydroxyl groups is 2. The first-order chi connectivity index (χ1) is 7.47. The van der Waals surface area contributed by atoms with Gasteiger partial charge in [-0.2, -0.15) is 13.2 Å². The van der Waals surface area contributed by atoms with Crippen LogP contribution in [0.1, 0.15) is 25.7 Å². The van der Waals surface area contributed by atoms with Crippen LogP contribution in [0.2, 0.25) is 0 Å². The summed E-state index contributed by atoms with van der Waals surface area (Å²) >= 11 is 0. The molecular weight excluding hydrogens is 223 g/mol. The lowest BCUT2D eigenvalue weighted by Gasteiger charge is -2.32. The van der Waals surface area contributed by atoms with Crippen molar-refractivity contribution in [1.82, 2.24) is 5.32 Å². The number of hydrogen-bond acceptors (Lipinski definition) is 3. The van der Waals surface area contributed by atoms with Crippen molar-refractivity contribution in [2.45, 2.75) is 43.9 Å². The van der Waals surface area contributed by atoms with E-state index in [-0.39, 0.29) is 32.1 Å². The first-order valence-corrected chi connectivity index (χ1v) is 5.51. The molecule has 96 valence electrons. The van der Waals surface area contributed by atoms with Crippen molar-refractivity contribution in [2.75, 3.05) is 13.2 Å². The predicted molar refractivity (Wildman–Crippen MR) is 52.9 cm³/mol. The van der Waals surface area contributed by atoms with Crippen molar-refractivity contribution in [3.8, 4) is 0 Å². The van der Waals surface area contributed by atoms with Gasteiger partial charge in [0.05, 0.1) is 25.2 Å². The molecule has 1 saturated carbocycles. The molecule has 3 nitrogen and oxygen atoms in total. The number of halogens is 3. The molecule has 0 spiro atoms. The predicted octanol–water partition coefficient (Wildman–Crippen LogP) is 1.05. The van der Waals surface area contributed by atoms with Gasteiger partial charge in [-0.05, 0) is 25.7 Å². The van der Waals surface area contributed by atoms with Gasteiger partial charge in [0.1, 0.15) is 0 Å². The SMILES string of the molecule is OCC(CO)NC1CCC(C(F)(F)F)CC1. The highest BCUT2D eigenvalue weighted by Crippen LogP contribution is 2.37. The molecule has 0 aromatic heterocycles. The molecule has 3 N–H and O–H groups in total. The molecule has 6 heteroatoms. The summed E-state index contributed by atoms with van der Waals surface area (Å²) in [7, 11) is 0. The minimum absolute atomic E-state index is 0.0251. The Labute approximate surface area is 92.7 Å². The van der Waals surface area contributed by atoms with E-state index in [1.807, 2.05) is 0 Å². The van der Waals surface area contributed by atoms with Crippen molar-refractivity contribution in [3.05, 3.63) is 0 Å². The lowest BCUT2D eigenvalue weighted by molar-refractivity contribution is -0.182. The molecule has 0 heterocycles. The highest BCUT2D eigenvalue weighted by Gasteiger charge is 2.41. The van der Waals surface area contributed by atoms with Gasteiger partial charge < -0.3 is 15.5 Å². The molecule has 1 rings (SSSR count). The highest BCUT2D eigenvalue weighted by molar-refractivity contribution is 4.82. The molecule has 0 saturated heterocycles. The van der Waals surface area contributed by atoms with E-state index < -0.39 is 18.1 Å². The average Bonchev–Trinajstić information content (AvgIpc) is 2.25. The van der Waals surface area contributed by atoms with Gasteiger partial charge in [0.15, 0.2) is 0 Å². The third kappa shape index (κ3) is 3.92. The van der Waals surface area contributed by atoms with Gasteiger partial charge in [0.25, 0.3) is 0 Å². The van der Waals surface area contributed by atoms with Gasteiger partial charge in [-0.25, -0.2) is 0 Å². The molecule has 0 radical (unpaired) electrons. The van der Waals surface area contributed by atoms with Crippen molar-refractivity contribution in [1.29, 1.82) is 0 Å². The van der Waals surface area contributed by atoms with Crippen molar-refractivity contribution in [3.63, 3.8) is 0 Å². The zero-order valence-electron chi connectivity index (χ0n) is 9.00. The van der Waals surface area contributed by atoms with E-state index >= 15 is 0 Å². The second kappa shape index (κ2) is 5.84. The fraction of sp³-hybridized carbons (Fsp3) is 1.00. The fourth-order valence-corrected chi connectivity index (χ4v) is 2.08. The molecule has 1 aliphatic rings. The van der Waals surface area contributed by atoms with Crippen LogP contribution in [0.25, 0.3) is 0 Å². The van der Waals surface area contributed by atoms with Crippen LogP contribution in [0.4, 0.5) is 13.2 Å². The molecule has 0 bridgehead atoms. The quantitative estimate of drug-likeness (QED) is 0.689. The maximum Gasteiger partial charge on any atom is 0.391 e. The van der Waals surface area contributed by atoms with Crippen LogP contribution >= 0.6 is 0 Å².